The molecule has 2 unspecified atom stereocenters. The van der Waals surface area contributed by atoms with Crippen molar-refractivity contribution in [2.24, 2.45) is 11.7 Å². The SMILES string of the molecule is CCC1CCCCC1(CN)N(C)c1ccccc1F. The standard InChI is InChI=1S/C16H25FN2/c1-3-13-8-6-7-11-16(13,12-18)19(2)15-10-5-4-9-14(15)17/h4-5,9-10,13H,3,6-8,11-12,18H2,1-2H3. The highest BCUT2D eigenvalue weighted by atomic mass is 19.1. The first-order valence-electron chi connectivity index (χ1n) is 7.34. The summed E-state index contributed by atoms with van der Waals surface area (Å²) < 4.78 is 14.0. The first kappa shape index (κ1) is 14.3. The molecule has 0 heterocycles. The van der Waals surface area contributed by atoms with E-state index in [-0.39, 0.29) is 11.4 Å². The number of nitrogens with zero attached hydrogens (tertiary/aromatic N) is 1. The van der Waals surface area contributed by atoms with Crippen molar-refractivity contribution in [1.82, 2.24) is 0 Å². The van der Waals surface area contributed by atoms with E-state index >= 15 is 0 Å². The molecule has 1 aromatic carbocycles. The number of rotatable bonds is 4. The summed E-state index contributed by atoms with van der Waals surface area (Å²) in [6.45, 7) is 2.81. The summed E-state index contributed by atoms with van der Waals surface area (Å²) in [7, 11) is 2.00. The molecule has 2 atom stereocenters. The topological polar surface area (TPSA) is 29.3 Å². The Labute approximate surface area is 115 Å². The summed E-state index contributed by atoms with van der Waals surface area (Å²) in [5.74, 6) is 0.397. The van der Waals surface area contributed by atoms with Crippen molar-refractivity contribution in [2.45, 2.75) is 44.6 Å². The van der Waals surface area contributed by atoms with Crippen LogP contribution in [0, 0.1) is 11.7 Å². The second-order valence-corrected chi connectivity index (χ2v) is 5.67. The van der Waals surface area contributed by atoms with E-state index in [1.807, 2.05) is 19.2 Å². The van der Waals surface area contributed by atoms with Gasteiger partial charge in [0.1, 0.15) is 5.82 Å². The minimum atomic E-state index is -0.154. The van der Waals surface area contributed by atoms with E-state index in [0.717, 1.165) is 12.8 Å². The lowest BCUT2D eigenvalue weighted by molar-refractivity contribution is 0.182. The van der Waals surface area contributed by atoms with Gasteiger partial charge < -0.3 is 10.6 Å². The molecular formula is C16H25FN2. The van der Waals surface area contributed by atoms with Crippen molar-refractivity contribution in [2.75, 3.05) is 18.5 Å². The third kappa shape index (κ3) is 2.48. The molecule has 1 aliphatic rings. The maximum atomic E-state index is 14.0. The van der Waals surface area contributed by atoms with Crippen LogP contribution in [0.25, 0.3) is 0 Å². The fraction of sp³-hybridized carbons (Fsp3) is 0.625. The van der Waals surface area contributed by atoms with Crippen LogP contribution in [0.4, 0.5) is 10.1 Å². The zero-order chi connectivity index (χ0) is 13.9. The van der Waals surface area contributed by atoms with Gasteiger partial charge in [-0.15, -0.1) is 0 Å². The second kappa shape index (κ2) is 5.91. The normalized spacial score (nSPS) is 27.3. The van der Waals surface area contributed by atoms with Gasteiger partial charge >= 0.3 is 0 Å². The van der Waals surface area contributed by atoms with Gasteiger partial charge in [0.15, 0.2) is 0 Å². The van der Waals surface area contributed by atoms with E-state index in [0.29, 0.717) is 18.2 Å². The Bertz CT molecular complexity index is 421. The zero-order valence-electron chi connectivity index (χ0n) is 12.0. The average Bonchev–Trinajstić information content (AvgIpc) is 2.46. The van der Waals surface area contributed by atoms with Crippen molar-refractivity contribution in [1.29, 1.82) is 0 Å². The minimum absolute atomic E-state index is 0.0881. The molecule has 1 aliphatic carbocycles. The fourth-order valence-electron chi connectivity index (χ4n) is 3.69. The van der Waals surface area contributed by atoms with E-state index in [2.05, 4.69) is 11.8 Å². The van der Waals surface area contributed by atoms with Gasteiger partial charge in [0, 0.05) is 13.6 Å². The highest BCUT2D eigenvalue weighted by molar-refractivity contribution is 5.50. The van der Waals surface area contributed by atoms with Crippen LogP contribution in [0.3, 0.4) is 0 Å². The van der Waals surface area contributed by atoms with Crippen molar-refractivity contribution in [3.05, 3.63) is 30.1 Å². The van der Waals surface area contributed by atoms with Crippen LogP contribution in [0.15, 0.2) is 24.3 Å². The lowest BCUT2D eigenvalue weighted by Crippen LogP contribution is -2.59. The first-order chi connectivity index (χ1) is 9.15. The molecule has 0 radical (unpaired) electrons. The molecule has 2 N–H and O–H groups in total. The Balaban J connectivity index is 2.37. The van der Waals surface area contributed by atoms with Crippen LogP contribution in [0.1, 0.15) is 39.0 Å². The van der Waals surface area contributed by atoms with E-state index in [1.165, 1.54) is 25.3 Å². The van der Waals surface area contributed by atoms with Crippen LogP contribution in [-0.2, 0) is 0 Å². The number of likely N-dealkylation sites (N-methyl/N-ethyl adjacent to an activating group) is 1. The van der Waals surface area contributed by atoms with Crippen molar-refractivity contribution in [3.8, 4) is 0 Å². The van der Waals surface area contributed by atoms with E-state index in [1.54, 1.807) is 6.07 Å². The quantitative estimate of drug-likeness (QED) is 0.901. The number of anilines is 1. The number of nitrogens with two attached hydrogens (primary N) is 1. The molecule has 1 aromatic rings. The Morgan fingerprint density at radius 1 is 1.37 bits per heavy atom. The predicted molar refractivity (Wildman–Crippen MR) is 78.8 cm³/mol. The highest BCUT2D eigenvalue weighted by Crippen LogP contribution is 2.41. The highest BCUT2D eigenvalue weighted by Gasteiger charge is 2.42. The Hall–Kier alpha value is -1.09. The Kier molecular flexibility index (Phi) is 4.46. The summed E-state index contributed by atoms with van der Waals surface area (Å²) in [5.41, 5.74) is 6.71. The molecule has 106 valence electrons. The first-order valence-corrected chi connectivity index (χ1v) is 7.34. The molecule has 0 aromatic heterocycles. The van der Waals surface area contributed by atoms with Gasteiger partial charge in [-0.25, -0.2) is 4.39 Å². The lowest BCUT2D eigenvalue weighted by Gasteiger charge is -2.50. The molecule has 19 heavy (non-hydrogen) atoms. The lowest BCUT2D eigenvalue weighted by atomic mass is 9.70. The number of hydrogen-bond donors (Lipinski definition) is 1. The molecular weight excluding hydrogens is 239 g/mol. The number of halogens is 1. The van der Waals surface area contributed by atoms with Crippen molar-refractivity contribution in [3.63, 3.8) is 0 Å². The number of hydrogen-bond acceptors (Lipinski definition) is 2. The molecule has 2 nitrogen and oxygen atoms in total. The number of para-hydroxylation sites is 1. The zero-order valence-corrected chi connectivity index (χ0v) is 12.0. The van der Waals surface area contributed by atoms with Crippen molar-refractivity contribution >= 4 is 5.69 Å². The van der Waals surface area contributed by atoms with Gasteiger partial charge in [-0.2, -0.15) is 0 Å². The Morgan fingerprint density at radius 3 is 2.74 bits per heavy atom. The largest absolute Gasteiger partial charge is 0.365 e. The molecule has 1 fully saturated rings. The van der Waals surface area contributed by atoms with E-state index in [4.69, 9.17) is 5.73 Å². The maximum absolute atomic E-state index is 14.0. The minimum Gasteiger partial charge on any atom is -0.365 e. The summed E-state index contributed by atoms with van der Waals surface area (Å²) in [6, 6.07) is 7.01. The molecule has 2 rings (SSSR count). The second-order valence-electron chi connectivity index (χ2n) is 5.67. The molecule has 3 heteroatoms. The maximum Gasteiger partial charge on any atom is 0.146 e. The van der Waals surface area contributed by atoms with Crippen LogP contribution in [0.2, 0.25) is 0 Å². The van der Waals surface area contributed by atoms with Gasteiger partial charge in [0.05, 0.1) is 11.2 Å². The van der Waals surface area contributed by atoms with Gasteiger partial charge in [0.2, 0.25) is 0 Å². The molecule has 0 aliphatic heterocycles. The summed E-state index contributed by atoms with van der Waals surface area (Å²) >= 11 is 0. The molecule has 0 spiro atoms. The fourth-order valence-corrected chi connectivity index (χ4v) is 3.69. The summed E-state index contributed by atoms with van der Waals surface area (Å²) in [5, 5.41) is 0. The predicted octanol–water partition coefficient (Wildman–Crippen LogP) is 3.56. The van der Waals surface area contributed by atoms with Gasteiger partial charge in [-0.05, 0) is 30.9 Å². The third-order valence-electron chi connectivity index (χ3n) is 4.90. The smallest absolute Gasteiger partial charge is 0.146 e. The van der Waals surface area contributed by atoms with Crippen LogP contribution >= 0.6 is 0 Å². The van der Waals surface area contributed by atoms with E-state index < -0.39 is 0 Å². The van der Waals surface area contributed by atoms with Crippen LogP contribution in [0.5, 0.6) is 0 Å². The average molecular weight is 264 g/mol. The van der Waals surface area contributed by atoms with Gasteiger partial charge in [-0.1, -0.05) is 38.3 Å². The van der Waals surface area contributed by atoms with E-state index in [9.17, 15) is 4.39 Å². The third-order valence-corrected chi connectivity index (χ3v) is 4.90. The van der Waals surface area contributed by atoms with Gasteiger partial charge in [0.25, 0.3) is 0 Å². The monoisotopic (exact) mass is 264 g/mol. The van der Waals surface area contributed by atoms with Crippen LogP contribution < -0.4 is 10.6 Å². The molecule has 0 amide bonds. The molecule has 1 saturated carbocycles. The summed E-state index contributed by atoms with van der Waals surface area (Å²) in [6.07, 6.45) is 5.83. The van der Waals surface area contributed by atoms with Crippen molar-refractivity contribution < 1.29 is 4.39 Å². The Morgan fingerprint density at radius 2 is 2.11 bits per heavy atom. The van der Waals surface area contributed by atoms with Gasteiger partial charge in [-0.3, -0.25) is 0 Å². The number of benzene rings is 1. The summed E-state index contributed by atoms with van der Waals surface area (Å²) in [4.78, 5) is 2.11. The molecule has 0 bridgehead atoms. The molecule has 0 saturated heterocycles. The van der Waals surface area contributed by atoms with Crippen LogP contribution in [-0.4, -0.2) is 19.1 Å².